The Balaban J connectivity index is 1.78. The topological polar surface area (TPSA) is 59.0 Å². The number of para-hydroxylation sites is 1. The van der Waals surface area contributed by atoms with Crippen LogP contribution < -0.4 is 10.6 Å². The van der Waals surface area contributed by atoms with E-state index < -0.39 is 0 Å². The smallest absolute Gasteiger partial charge is 0.254 e. The summed E-state index contributed by atoms with van der Waals surface area (Å²) in [5.41, 5.74) is 3.66. The third-order valence-electron chi connectivity index (χ3n) is 4.02. The maximum absolute atomic E-state index is 12.3. The van der Waals surface area contributed by atoms with Crippen LogP contribution in [0.15, 0.2) is 30.5 Å². The van der Waals surface area contributed by atoms with E-state index in [2.05, 4.69) is 15.7 Å². The zero-order valence-electron chi connectivity index (χ0n) is 12.4. The molecule has 2 N–H and O–H groups in total. The minimum absolute atomic E-state index is 0.0424. The molecule has 0 aliphatic carbocycles. The first kappa shape index (κ1) is 13.8. The number of benzene rings is 1. The molecule has 1 aliphatic rings. The summed E-state index contributed by atoms with van der Waals surface area (Å²) in [5.74, 6) is 0.514. The molecule has 21 heavy (non-hydrogen) atoms. The molecule has 0 bridgehead atoms. The number of hydrogen-bond donors (Lipinski definition) is 2. The molecule has 5 nitrogen and oxygen atoms in total. The van der Waals surface area contributed by atoms with Crippen molar-refractivity contribution < 1.29 is 4.79 Å². The van der Waals surface area contributed by atoms with Gasteiger partial charge in [0.25, 0.3) is 5.91 Å². The lowest BCUT2D eigenvalue weighted by Gasteiger charge is -2.27. The van der Waals surface area contributed by atoms with Crippen LogP contribution in [0.5, 0.6) is 0 Å². The summed E-state index contributed by atoms with van der Waals surface area (Å²) in [6.07, 6.45) is 1.65. The van der Waals surface area contributed by atoms with E-state index >= 15 is 0 Å². The quantitative estimate of drug-likeness (QED) is 0.893. The summed E-state index contributed by atoms with van der Waals surface area (Å²) in [6, 6.07) is 8.03. The molecule has 110 valence electrons. The van der Waals surface area contributed by atoms with Crippen LogP contribution in [0.25, 0.3) is 5.69 Å². The lowest BCUT2D eigenvalue weighted by atomic mass is 10.0. The van der Waals surface area contributed by atoms with Gasteiger partial charge in [0.1, 0.15) is 0 Å². The molecule has 0 radical (unpaired) electrons. The molecule has 1 saturated heterocycles. The largest absolute Gasteiger partial charge is 0.352 e. The number of rotatable bonds is 4. The van der Waals surface area contributed by atoms with Crippen molar-refractivity contribution in [3.8, 4) is 5.69 Å². The summed E-state index contributed by atoms with van der Waals surface area (Å²) >= 11 is 0. The van der Waals surface area contributed by atoms with E-state index in [0.29, 0.717) is 11.5 Å². The Morgan fingerprint density at radius 1 is 1.38 bits per heavy atom. The summed E-state index contributed by atoms with van der Waals surface area (Å²) in [5, 5.41) is 10.6. The third-order valence-corrected chi connectivity index (χ3v) is 4.02. The van der Waals surface area contributed by atoms with Crippen LogP contribution in [0.3, 0.4) is 0 Å². The van der Waals surface area contributed by atoms with Crippen LogP contribution in [0.4, 0.5) is 0 Å². The Morgan fingerprint density at radius 2 is 2.14 bits per heavy atom. The van der Waals surface area contributed by atoms with Gasteiger partial charge in [0.15, 0.2) is 0 Å². The molecule has 1 aromatic heterocycles. The van der Waals surface area contributed by atoms with Crippen molar-refractivity contribution in [3.63, 3.8) is 0 Å². The van der Waals surface area contributed by atoms with Gasteiger partial charge in [-0.15, -0.1) is 0 Å². The Hall–Kier alpha value is -2.14. The van der Waals surface area contributed by atoms with Gasteiger partial charge in [0.2, 0.25) is 0 Å². The highest BCUT2D eigenvalue weighted by molar-refractivity contribution is 5.95. The van der Waals surface area contributed by atoms with Crippen LogP contribution in [0, 0.1) is 19.8 Å². The summed E-state index contributed by atoms with van der Waals surface area (Å²) in [4.78, 5) is 12.3. The maximum Gasteiger partial charge on any atom is 0.254 e. The lowest BCUT2D eigenvalue weighted by molar-refractivity contribution is 0.0941. The Kier molecular flexibility index (Phi) is 3.75. The molecule has 0 unspecified atom stereocenters. The highest BCUT2D eigenvalue weighted by atomic mass is 16.1. The van der Waals surface area contributed by atoms with Crippen molar-refractivity contribution in [2.45, 2.75) is 13.8 Å². The molecule has 0 saturated carbocycles. The zero-order valence-corrected chi connectivity index (χ0v) is 12.4. The summed E-state index contributed by atoms with van der Waals surface area (Å²) < 4.78 is 1.83. The van der Waals surface area contributed by atoms with Crippen LogP contribution in [-0.4, -0.2) is 35.3 Å². The molecule has 0 spiro atoms. The number of hydrogen-bond acceptors (Lipinski definition) is 3. The number of carbonyl (C=O) groups is 1. The van der Waals surface area contributed by atoms with E-state index in [0.717, 1.165) is 36.6 Å². The normalized spacial score (nSPS) is 14.8. The monoisotopic (exact) mass is 284 g/mol. The fraction of sp³-hybridized carbons (Fsp3) is 0.375. The number of nitrogens with one attached hydrogen (secondary N) is 2. The first-order chi connectivity index (χ1) is 10.2. The Labute approximate surface area is 124 Å². The molecule has 2 heterocycles. The van der Waals surface area contributed by atoms with E-state index in [9.17, 15) is 4.79 Å². The van der Waals surface area contributed by atoms with Crippen LogP contribution >= 0.6 is 0 Å². The molecule has 1 fully saturated rings. The Morgan fingerprint density at radius 3 is 2.81 bits per heavy atom. The standard InChI is InChI=1S/C16H20N4O/c1-11-5-3-4-6-15(11)20-12(2)14(10-19-20)16(21)18-9-13-7-17-8-13/h3-6,10,13,17H,7-9H2,1-2H3,(H,18,21). The van der Waals surface area contributed by atoms with Crippen molar-refractivity contribution in [2.75, 3.05) is 19.6 Å². The van der Waals surface area contributed by atoms with Gasteiger partial charge < -0.3 is 10.6 Å². The molecular formula is C16H20N4O. The molecule has 1 aliphatic heterocycles. The average molecular weight is 284 g/mol. The number of amides is 1. The predicted molar refractivity (Wildman–Crippen MR) is 81.7 cm³/mol. The van der Waals surface area contributed by atoms with Crippen LogP contribution in [-0.2, 0) is 0 Å². The van der Waals surface area contributed by atoms with Gasteiger partial charge in [0.05, 0.1) is 23.1 Å². The average Bonchev–Trinajstić information content (AvgIpc) is 2.79. The minimum atomic E-state index is -0.0424. The van der Waals surface area contributed by atoms with Crippen molar-refractivity contribution in [3.05, 3.63) is 47.3 Å². The van der Waals surface area contributed by atoms with Gasteiger partial charge in [-0.2, -0.15) is 5.10 Å². The second-order valence-corrected chi connectivity index (χ2v) is 5.58. The second kappa shape index (κ2) is 5.69. The number of carbonyl (C=O) groups excluding carboxylic acids is 1. The van der Waals surface area contributed by atoms with Crippen molar-refractivity contribution in [1.82, 2.24) is 20.4 Å². The Bertz CT molecular complexity index is 658. The summed E-state index contributed by atoms with van der Waals surface area (Å²) in [6.45, 7) is 6.67. The van der Waals surface area contributed by atoms with E-state index in [4.69, 9.17) is 0 Å². The fourth-order valence-corrected chi connectivity index (χ4v) is 2.50. The van der Waals surface area contributed by atoms with E-state index in [1.165, 1.54) is 0 Å². The van der Waals surface area contributed by atoms with Crippen LogP contribution in [0.2, 0.25) is 0 Å². The SMILES string of the molecule is Cc1ccccc1-n1ncc(C(=O)NCC2CNC2)c1C. The number of aromatic nitrogens is 2. The fourth-order valence-electron chi connectivity index (χ4n) is 2.50. The first-order valence-electron chi connectivity index (χ1n) is 7.26. The molecule has 2 aromatic rings. The van der Waals surface area contributed by atoms with E-state index in [-0.39, 0.29) is 5.91 Å². The summed E-state index contributed by atoms with van der Waals surface area (Å²) in [7, 11) is 0. The highest BCUT2D eigenvalue weighted by Crippen LogP contribution is 2.17. The molecular weight excluding hydrogens is 264 g/mol. The van der Waals surface area contributed by atoms with Gasteiger partial charge in [-0.05, 0) is 25.5 Å². The predicted octanol–water partition coefficient (Wildman–Crippen LogP) is 1.44. The minimum Gasteiger partial charge on any atom is -0.352 e. The van der Waals surface area contributed by atoms with Gasteiger partial charge >= 0.3 is 0 Å². The lowest BCUT2D eigenvalue weighted by Crippen LogP contribution is -2.48. The molecule has 1 amide bonds. The van der Waals surface area contributed by atoms with Crippen molar-refractivity contribution in [1.29, 1.82) is 0 Å². The number of aryl methyl sites for hydroxylation is 1. The number of nitrogens with zero attached hydrogens (tertiary/aromatic N) is 2. The van der Waals surface area contributed by atoms with Crippen molar-refractivity contribution >= 4 is 5.91 Å². The van der Waals surface area contributed by atoms with Gasteiger partial charge in [-0.1, -0.05) is 18.2 Å². The molecule has 5 heteroatoms. The van der Waals surface area contributed by atoms with Gasteiger partial charge in [-0.25, -0.2) is 4.68 Å². The third kappa shape index (κ3) is 2.69. The molecule has 3 rings (SSSR count). The highest BCUT2D eigenvalue weighted by Gasteiger charge is 2.20. The first-order valence-corrected chi connectivity index (χ1v) is 7.26. The van der Waals surface area contributed by atoms with E-state index in [1.54, 1.807) is 6.20 Å². The zero-order chi connectivity index (χ0) is 14.8. The maximum atomic E-state index is 12.3. The van der Waals surface area contributed by atoms with Crippen molar-refractivity contribution in [2.24, 2.45) is 5.92 Å². The second-order valence-electron chi connectivity index (χ2n) is 5.58. The van der Waals surface area contributed by atoms with Gasteiger partial charge in [-0.3, -0.25) is 4.79 Å². The molecule has 0 atom stereocenters. The van der Waals surface area contributed by atoms with Crippen LogP contribution in [0.1, 0.15) is 21.6 Å². The van der Waals surface area contributed by atoms with Gasteiger partial charge in [0, 0.05) is 25.6 Å². The molecule has 1 aromatic carbocycles. The van der Waals surface area contributed by atoms with E-state index in [1.807, 2.05) is 42.8 Å².